The third kappa shape index (κ3) is 6.72. The molecule has 7 nitrogen and oxygen atoms in total. The topological polar surface area (TPSA) is 78.3 Å². The molecular formula is C20H23F2N2O5+. The summed E-state index contributed by atoms with van der Waals surface area (Å²) < 4.78 is 38.9. The number of carbonyl (C=O) groups is 2. The summed E-state index contributed by atoms with van der Waals surface area (Å²) in [6.07, 6.45) is 0. The summed E-state index contributed by atoms with van der Waals surface area (Å²) in [7, 11) is 4.49. The number of benzene rings is 2. The molecule has 2 aromatic carbocycles. The average Bonchev–Trinajstić information content (AvgIpc) is 2.68. The van der Waals surface area contributed by atoms with Gasteiger partial charge < -0.3 is 24.4 Å². The number of alkyl halides is 2. The molecule has 0 aliphatic heterocycles. The number of hydrogen-bond donors (Lipinski definition) is 2. The van der Waals surface area contributed by atoms with Gasteiger partial charge in [-0.2, -0.15) is 8.78 Å². The molecule has 1 unspecified atom stereocenters. The number of ether oxygens (including phenoxy) is 3. The molecule has 0 aliphatic carbocycles. The fraction of sp³-hybridized carbons (Fsp3) is 0.300. The smallest absolute Gasteiger partial charge is 0.387 e. The predicted octanol–water partition coefficient (Wildman–Crippen LogP) is 1.74. The summed E-state index contributed by atoms with van der Waals surface area (Å²) in [6.45, 7) is -2.29. The Morgan fingerprint density at radius 2 is 1.76 bits per heavy atom. The van der Waals surface area contributed by atoms with Gasteiger partial charge in [-0.05, 0) is 42.5 Å². The lowest BCUT2D eigenvalue weighted by molar-refractivity contribution is -0.885. The van der Waals surface area contributed by atoms with E-state index in [1.54, 1.807) is 36.4 Å². The molecule has 1 atom stereocenters. The minimum absolute atomic E-state index is 0.0444. The first-order valence-corrected chi connectivity index (χ1v) is 8.73. The first-order chi connectivity index (χ1) is 13.8. The number of carbonyl (C=O) groups excluding carboxylic acids is 2. The van der Waals surface area contributed by atoms with Crippen molar-refractivity contribution in [2.75, 3.05) is 33.1 Å². The third-order valence-electron chi connectivity index (χ3n) is 4.00. The second-order valence-electron chi connectivity index (χ2n) is 6.29. The molecule has 0 aromatic heterocycles. The molecule has 156 valence electrons. The Morgan fingerprint density at radius 1 is 1.07 bits per heavy atom. The quantitative estimate of drug-likeness (QED) is 0.617. The van der Waals surface area contributed by atoms with Crippen LogP contribution in [0.3, 0.4) is 0 Å². The van der Waals surface area contributed by atoms with E-state index in [1.165, 1.54) is 20.3 Å². The first kappa shape index (κ1) is 22.1. The molecule has 0 fully saturated rings. The Hall–Kier alpha value is -3.20. The molecule has 0 saturated heterocycles. The second kappa shape index (κ2) is 10.4. The predicted molar refractivity (Wildman–Crippen MR) is 101 cm³/mol. The van der Waals surface area contributed by atoms with E-state index >= 15 is 0 Å². The van der Waals surface area contributed by atoms with Gasteiger partial charge in [-0.25, -0.2) is 4.79 Å². The van der Waals surface area contributed by atoms with Gasteiger partial charge in [0, 0.05) is 11.3 Å². The maximum absolute atomic E-state index is 12.4. The van der Waals surface area contributed by atoms with Gasteiger partial charge in [-0.3, -0.25) is 4.79 Å². The van der Waals surface area contributed by atoms with Crippen molar-refractivity contribution in [3.63, 3.8) is 0 Å². The Morgan fingerprint density at radius 3 is 2.34 bits per heavy atom. The van der Waals surface area contributed by atoms with E-state index in [1.807, 2.05) is 7.05 Å². The van der Waals surface area contributed by atoms with Crippen molar-refractivity contribution in [2.45, 2.75) is 13.2 Å². The van der Waals surface area contributed by atoms with Crippen LogP contribution in [0.5, 0.6) is 11.5 Å². The van der Waals surface area contributed by atoms with Gasteiger partial charge in [0.05, 0.1) is 26.8 Å². The van der Waals surface area contributed by atoms with E-state index in [0.29, 0.717) is 17.8 Å². The zero-order valence-corrected chi connectivity index (χ0v) is 16.3. The fourth-order valence-corrected chi connectivity index (χ4v) is 2.71. The molecule has 29 heavy (non-hydrogen) atoms. The zero-order valence-electron chi connectivity index (χ0n) is 16.3. The normalized spacial score (nSPS) is 11.7. The number of quaternary nitrogens is 1. The van der Waals surface area contributed by atoms with Crippen LogP contribution in [-0.4, -0.2) is 46.3 Å². The summed E-state index contributed by atoms with van der Waals surface area (Å²) in [5.41, 5.74) is 1.75. The van der Waals surface area contributed by atoms with Gasteiger partial charge in [0.15, 0.2) is 18.0 Å². The Labute approximate surface area is 167 Å². The SMILES string of the molecule is COC(=O)c1ccc(NC(=O)C[NH+](C)Cc2ccc(OC(F)F)c(OC)c2)cc1. The standard InChI is InChI=1S/C20H22F2N2O5/c1-24(11-13-4-9-16(29-20(21)22)17(10-13)27-2)12-18(25)23-15-7-5-14(6-8-15)19(26)28-3/h4-10,20H,11-12H2,1-3H3,(H,23,25)/p+1. The highest BCUT2D eigenvalue weighted by Crippen LogP contribution is 2.29. The van der Waals surface area contributed by atoms with Crippen molar-refractivity contribution in [1.29, 1.82) is 0 Å². The minimum atomic E-state index is -2.94. The lowest BCUT2D eigenvalue weighted by atomic mass is 10.2. The van der Waals surface area contributed by atoms with E-state index in [-0.39, 0.29) is 24.0 Å². The van der Waals surface area contributed by atoms with Gasteiger partial charge in [0.2, 0.25) is 0 Å². The minimum Gasteiger partial charge on any atom is -0.493 e. The van der Waals surface area contributed by atoms with Crippen molar-refractivity contribution in [3.05, 3.63) is 53.6 Å². The van der Waals surface area contributed by atoms with Crippen LogP contribution in [0.1, 0.15) is 15.9 Å². The molecule has 0 bridgehead atoms. The number of anilines is 1. The van der Waals surface area contributed by atoms with Crippen molar-refractivity contribution in [2.24, 2.45) is 0 Å². The molecule has 0 saturated carbocycles. The van der Waals surface area contributed by atoms with Crippen LogP contribution in [0.15, 0.2) is 42.5 Å². The molecule has 2 aromatic rings. The second-order valence-corrected chi connectivity index (χ2v) is 6.29. The average molecular weight is 409 g/mol. The maximum atomic E-state index is 12.4. The lowest BCUT2D eigenvalue weighted by Gasteiger charge is -2.16. The van der Waals surface area contributed by atoms with Crippen molar-refractivity contribution < 1.29 is 37.5 Å². The van der Waals surface area contributed by atoms with Crippen LogP contribution >= 0.6 is 0 Å². The van der Waals surface area contributed by atoms with Crippen LogP contribution in [0.4, 0.5) is 14.5 Å². The van der Waals surface area contributed by atoms with Gasteiger partial charge in [0.1, 0.15) is 6.54 Å². The number of nitrogens with one attached hydrogen (secondary N) is 2. The van der Waals surface area contributed by atoms with Crippen LogP contribution in [0, 0.1) is 0 Å². The monoisotopic (exact) mass is 409 g/mol. The van der Waals surface area contributed by atoms with Crippen LogP contribution in [0.25, 0.3) is 0 Å². The highest BCUT2D eigenvalue weighted by molar-refractivity contribution is 5.93. The fourth-order valence-electron chi connectivity index (χ4n) is 2.71. The van der Waals surface area contributed by atoms with Crippen molar-refractivity contribution >= 4 is 17.6 Å². The van der Waals surface area contributed by atoms with Crippen molar-refractivity contribution in [3.8, 4) is 11.5 Å². The van der Waals surface area contributed by atoms with Crippen molar-refractivity contribution in [1.82, 2.24) is 0 Å². The molecule has 0 spiro atoms. The molecular weight excluding hydrogens is 386 g/mol. The molecule has 0 heterocycles. The molecule has 2 N–H and O–H groups in total. The summed E-state index contributed by atoms with van der Waals surface area (Å²) in [4.78, 5) is 24.5. The first-order valence-electron chi connectivity index (χ1n) is 8.73. The van der Waals surface area contributed by atoms with Gasteiger partial charge >= 0.3 is 12.6 Å². The van der Waals surface area contributed by atoms with Gasteiger partial charge in [0.25, 0.3) is 5.91 Å². The van der Waals surface area contributed by atoms with E-state index in [0.717, 1.165) is 10.5 Å². The molecule has 1 amide bonds. The number of esters is 1. The van der Waals surface area contributed by atoms with E-state index < -0.39 is 12.6 Å². The number of methoxy groups -OCH3 is 2. The Balaban J connectivity index is 1.92. The molecule has 0 aliphatic rings. The van der Waals surface area contributed by atoms with Crippen LogP contribution in [-0.2, 0) is 16.1 Å². The maximum Gasteiger partial charge on any atom is 0.387 e. The van der Waals surface area contributed by atoms with Gasteiger partial charge in [-0.1, -0.05) is 0 Å². The lowest BCUT2D eigenvalue weighted by Crippen LogP contribution is -3.08. The Bertz CT molecular complexity index is 843. The number of amides is 1. The number of hydrogen-bond acceptors (Lipinski definition) is 5. The summed E-state index contributed by atoms with van der Waals surface area (Å²) in [5, 5.41) is 2.76. The largest absolute Gasteiger partial charge is 0.493 e. The number of rotatable bonds is 9. The molecule has 9 heteroatoms. The van der Waals surface area contributed by atoms with Crippen LogP contribution in [0.2, 0.25) is 0 Å². The zero-order chi connectivity index (χ0) is 21.4. The number of likely N-dealkylation sites (N-methyl/N-ethyl adjacent to an activating group) is 1. The van der Waals surface area contributed by atoms with Crippen LogP contribution < -0.4 is 19.7 Å². The summed E-state index contributed by atoms with van der Waals surface area (Å²) in [5.74, 6) is -0.506. The summed E-state index contributed by atoms with van der Waals surface area (Å²) >= 11 is 0. The van der Waals surface area contributed by atoms with Gasteiger partial charge in [-0.15, -0.1) is 0 Å². The highest BCUT2D eigenvalue weighted by atomic mass is 19.3. The van der Waals surface area contributed by atoms with E-state index in [2.05, 4.69) is 14.8 Å². The molecule has 0 radical (unpaired) electrons. The number of halogens is 2. The van der Waals surface area contributed by atoms with E-state index in [4.69, 9.17) is 4.74 Å². The highest BCUT2D eigenvalue weighted by Gasteiger charge is 2.15. The molecule has 2 rings (SSSR count). The van der Waals surface area contributed by atoms with E-state index in [9.17, 15) is 18.4 Å². The summed E-state index contributed by atoms with van der Waals surface area (Å²) in [6, 6.07) is 11.0. The Kier molecular flexibility index (Phi) is 7.90. The third-order valence-corrected chi connectivity index (χ3v) is 4.00.